The average molecular weight is 220 g/mol. The van der Waals surface area contributed by atoms with Crippen LogP contribution in [0.4, 0.5) is 0 Å². The normalized spacial score (nSPS) is 20.6. The molecule has 0 fully saturated rings. The zero-order valence-corrected chi connectivity index (χ0v) is 9.27. The van der Waals surface area contributed by atoms with Crippen molar-refractivity contribution in [1.29, 1.82) is 0 Å². The van der Waals surface area contributed by atoms with Crippen molar-refractivity contribution < 1.29 is 15.3 Å². The SMILES string of the molecule is CC1=C[C@@H](c2c(O)cc(O)cc2O)CCC1. The molecular formula is C13H16O3. The summed E-state index contributed by atoms with van der Waals surface area (Å²) in [5.74, 6) is -0.133. The zero-order valence-electron chi connectivity index (χ0n) is 9.27. The molecule has 3 nitrogen and oxygen atoms in total. The Balaban J connectivity index is 2.44. The predicted molar refractivity (Wildman–Crippen MR) is 61.8 cm³/mol. The first kappa shape index (κ1) is 10.9. The average Bonchev–Trinajstić information content (AvgIpc) is 2.15. The van der Waals surface area contributed by atoms with E-state index >= 15 is 0 Å². The summed E-state index contributed by atoms with van der Waals surface area (Å²) >= 11 is 0. The second-order valence-electron chi connectivity index (χ2n) is 4.41. The molecule has 0 amide bonds. The van der Waals surface area contributed by atoms with Gasteiger partial charge < -0.3 is 15.3 Å². The summed E-state index contributed by atoms with van der Waals surface area (Å²) in [6, 6.07) is 2.54. The Morgan fingerprint density at radius 1 is 1.12 bits per heavy atom. The highest BCUT2D eigenvalue weighted by Gasteiger charge is 2.21. The first-order valence-electron chi connectivity index (χ1n) is 5.50. The van der Waals surface area contributed by atoms with Crippen molar-refractivity contribution in [3.8, 4) is 17.2 Å². The third-order valence-corrected chi connectivity index (χ3v) is 3.06. The number of phenolic OH excluding ortho intramolecular Hbond substituents is 3. The molecule has 1 atom stereocenters. The van der Waals surface area contributed by atoms with Crippen LogP contribution in [0.2, 0.25) is 0 Å². The number of phenols is 3. The molecule has 2 rings (SSSR count). The van der Waals surface area contributed by atoms with E-state index in [0.717, 1.165) is 19.3 Å². The number of allylic oxidation sites excluding steroid dienone is 2. The lowest BCUT2D eigenvalue weighted by molar-refractivity contribution is 0.412. The molecule has 3 heteroatoms. The number of hydrogen-bond acceptors (Lipinski definition) is 3. The first-order chi connectivity index (χ1) is 7.58. The number of rotatable bonds is 1. The molecular weight excluding hydrogens is 204 g/mol. The number of aromatic hydroxyl groups is 3. The molecule has 0 radical (unpaired) electrons. The van der Waals surface area contributed by atoms with Gasteiger partial charge in [-0.15, -0.1) is 0 Å². The first-order valence-corrected chi connectivity index (χ1v) is 5.50. The maximum Gasteiger partial charge on any atom is 0.126 e. The van der Waals surface area contributed by atoms with Crippen LogP contribution in [0, 0.1) is 0 Å². The van der Waals surface area contributed by atoms with Crippen molar-refractivity contribution >= 4 is 0 Å². The smallest absolute Gasteiger partial charge is 0.126 e. The summed E-state index contributed by atoms with van der Waals surface area (Å²) in [7, 11) is 0. The Morgan fingerprint density at radius 3 is 2.31 bits per heavy atom. The molecule has 1 aliphatic rings. The molecule has 0 saturated carbocycles. The van der Waals surface area contributed by atoms with Crippen LogP contribution >= 0.6 is 0 Å². The molecule has 1 aliphatic carbocycles. The molecule has 0 saturated heterocycles. The van der Waals surface area contributed by atoms with Gasteiger partial charge in [-0.25, -0.2) is 0 Å². The molecule has 3 N–H and O–H groups in total. The second-order valence-corrected chi connectivity index (χ2v) is 4.41. The Hall–Kier alpha value is -1.64. The summed E-state index contributed by atoms with van der Waals surface area (Å²) < 4.78 is 0. The van der Waals surface area contributed by atoms with Crippen molar-refractivity contribution in [2.45, 2.75) is 32.1 Å². The second kappa shape index (κ2) is 4.08. The minimum Gasteiger partial charge on any atom is -0.508 e. The Bertz CT molecular complexity index is 412. The number of hydrogen-bond donors (Lipinski definition) is 3. The van der Waals surface area contributed by atoms with E-state index in [-0.39, 0.29) is 23.2 Å². The summed E-state index contributed by atoms with van der Waals surface area (Å²) in [5, 5.41) is 28.8. The molecule has 0 heterocycles. The molecule has 0 aliphatic heterocycles. The monoisotopic (exact) mass is 220 g/mol. The summed E-state index contributed by atoms with van der Waals surface area (Å²) in [6.45, 7) is 2.06. The third-order valence-electron chi connectivity index (χ3n) is 3.06. The quantitative estimate of drug-likeness (QED) is 0.637. The van der Waals surface area contributed by atoms with Crippen molar-refractivity contribution in [3.05, 3.63) is 29.3 Å². The van der Waals surface area contributed by atoms with Gasteiger partial charge in [-0.05, 0) is 26.2 Å². The Labute approximate surface area is 94.7 Å². The Morgan fingerprint density at radius 2 is 1.75 bits per heavy atom. The molecule has 86 valence electrons. The molecule has 1 aromatic rings. The summed E-state index contributed by atoms with van der Waals surface area (Å²) in [5.41, 5.74) is 1.81. The molecule has 0 spiro atoms. The molecule has 0 aromatic heterocycles. The molecule has 0 unspecified atom stereocenters. The van der Waals surface area contributed by atoms with Crippen LogP contribution in [0.3, 0.4) is 0 Å². The highest BCUT2D eigenvalue weighted by molar-refractivity contribution is 5.52. The van der Waals surface area contributed by atoms with Gasteiger partial charge in [-0.2, -0.15) is 0 Å². The van der Waals surface area contributed by atoms with Crippen LogP contribution in [-0.2, 0) is 0 Å². The summed E-state index contributed by atoms with van der Waals surface area (Å²) in [6.07, 6.45) is 5.14. The Kier molecular flexibility index (Phi) is 2.77. The van der Waals surface area contributed by atoms with Crippen molar-refractivity contribution in [2.24, 2.45) is 0 Å². The topological polar surface area (TPSA) is 60.7 Å². The van der Waals surface area contributed by atoms with Gasteiger partial charge in [0.15, 0.2) is 0 Å². The standard InChI is InChI=1S/C13H16O3/c1-8-3-2-4-9(5-8)13-11(15)6-10(14)7-12(13)16/h5-7,9,14-16H,2-4H2,1H3/t9-/m0/s1. The largest absolute Gasteiger partial charge is 0.508 e. The fourth-order valence-electron chi connectivity index (χ4n) is 2.33. The van der Waals surface area contributed by atoms with Gasteiger partial charge in [0.1, 0.15) is 17.2 Å². The molecule has 16 heavy (non-hydrogen) atoms. The zero-order chi connectivity index (χ0) is 11.7. The van der Waals surface area contributed by atoms with Gasteiger partial charge in [-0.1, -0.05) is 11.6 Å². The highest BCUT2D eigenvalue weighted by atomic mass is 16.3. The van der Waals surface area contributed by atoms with E-state index in [9.17, 15) is 15.3 Å². The van der Waals surface area contributed by atoms with Crippen LogP contribution in [0.15, 0.2) is 23.8 Å². The van der Waals surface area contributed by atoms with Crippen LogP contribution < -0.4 is 0 Å². The van der Waals surface area contributed by atoms with E-state index in [1.807, 2.05) is 0 Å². The lowest BCUT2D eigenvalue weighted by atomic mass is 9.85. The van der Waals surface area contributed by atoms with E-state index in [0.29, 0.717) is 5.56 Å². The predicted octanol–water partition coefficient (Wildman–Crippen LogP) is 3.02. The van der Waals surface area contributed by atoms with Crippen molar-refractivity contribution in [2.75, 3.05) is 0 Å². The van der Waals surface area contributed by atoms with Gasteiger partial charge in [0, 0.05) is 23.6 Å². The van der Waals surface area contributed by atoms with Gasteiger partial charge in [0.25, 0.3) is 0 Å². The van der Waals surface area contributed by atoms with Gasteiger partial charge in [0.05, 0.1) is 0 Å². The molecule has 0 bridgehead atoms. The van der Waals surface area contributed by atoms with Crippen molar-refractivity contribution in [1.82, 2.24) is 0 Å². The van der Waals surface area contributed by atoms with Crippen LogP contribution in [0.25, 0.3) is 0 Å². The summed E-state index contributed by atoms with van der Waals surface area (Å²) in [4.78, 5) is 0. The fraction of sp³-hybridized carbons (Fsp3) is 0.385. The van der Waals surface area contributed by atoms with Gasteiger partial charge in [0.2, 0.25) is 0 Å². The number of benzene rings is 1. The van der Waals surface area contributed by atoms with Crippen molar-refractivity contribution in [3.63, 3.8) is 0 Å². The van der Waals surface area contributed by atoms with Gasteiger partial charge in [-0.3, -0.25) is 0 Å². The lowest BCUT2D eigenvalue weighted by Gasteiger charge is -2.21. The van der Waals surface area contributed by atoms with E-state index in [1.54, 1.807) is 0 Å². The fourth-order valence-corrected chi connectivity index (χ4v) is 2.33. The minimum atomic E-state index is -0.115. The van der Waals surface area contributed by atoms with E-state index < -0.39 is 0 Å². The maximum absolute atomic E-state index is 9.76. The van der Waals surface area contributed by atoms with E-state index in [1.165, 1.54) is 17.7 Å². The maximum atomic E-state index is 9.76. The van der Waals surface area contributed by atoms with E-state index in [2.05, 4.69) is 13.0 Å². The van der Waals surface area contributed by atoms with Crippen LogP contribution in [0.5, 0.6) is 17.2 Å². The molecule has 1 aromatic carbocycles. The third kappa shape index (κ3) is 1.98. The minimum absolute atomic E-state index is 0.0338. The van der Waals surface area contributed by atoms with E-state index in [4.69, 9.17) is 0 Å². The van der Waals surface area contributed by atoms with Crippen LogP contribution in [-0.4, -0.2) is 15.3 Å². The highest BCUT2D eigenvalue weighted by Crippen LogP contribution is 2.42. The lowest BCUT2D eigenvalue weighted by Crippen LogP contribution is -2.02. The van der Waals surface area contributed by atoms with Crippen LogP contribution in [0.1, 0.15) is 37.7 Å². The van der Waals surface area contributed by atoms with Gasteiger partial charge >= 0.3 is 0 Å².